The van der Waals surface area contributed by atoms with Crippen LogP contribution in [0.4, 0.5) is 0 Å². The van der Waals surface area contributed by atoms with E-state index in [1.165, 1.54) is 11.3 Å². The van der Waals surface area contributed by atoms with Crippen molar-refractivity contribution in [2.24, 2.45) is 4.99 Å². The van der Waals surface area contributed by atoms with E-state index in [2.05, 4.69) is 31.9 Å². The zero-order valence-corrected chi connectivity index (χ0v) is 27.3. The molecule has 0 unspecified atom stereocenters. The first-order valence-corrected chi connectivity index (χ1v) is 15.5. The summed E-state index contributed by atoms with van der Waals surface area (Å²) >= 11 is 8.40. The molecule has 0 bridgehead atoms. The second-order valence-electron chi connectivity index (χ2n) is 9.48. The minimum atomic E-state index is -0.725. The maximum Gasteiger partial charge on any atom is 0.271 e. The van der Waals surface area contributed by atoms with Crippen LogP contribution < -0.4 is 24.4 Å². The van der Waals surface area contributed by atoms with Crippen molar-refractivity contribution >= 4 is 66.0 Å². The normalized spacial score (nSPS) is 15.1. The highest BCUT2D eigenvalue weighted by atomic mass is 79.9. The number of carbonyl (C=O) groups excluding carboxylic acids is 1. The van der Waals surface area contributed by atoms with Crippen LogP contribution in [0.15, 0.2) is 78.5 Å². The molecule has 0 spiro atoms. The number of rotatable bonds is 7. The number of fused-ring (bicyclic) bond motifs is 2. The first kappa shape index (κ1) is 29.3. The number of likely N-dealkylation sites (N-methyl/N-ethyl adjacent to an activating group) is 1. The zero-order valence-electron chi connectivity index (χ0n) is 23.3. The van der Waals surface area contributed by atoms with Crippen LogP contribution in [0.1, 0.15) is 37.9 Å². The molecule has 41 heavy (non-hydrogen) atoms. The van der Waals surface area contributed by atoms with Gasteiger partial charge in [0.2, 0.25) is 0 Å². The van der Waals surface area contributed by atoms with Crippen molar-refractivity contribution < 1.29 is 14.3 Å². The molecular formula is C31H29Br2N3O4S. The molecule has 10 heteroatoms. The van der Waals surface area contributed by atoms with E-state index in [0.717, 1.165) is 30.8 Å². The Bertz CT molecular complexity index is 1870. The van der Waals surface area contributed by atoms with E-state index >= 15 is 0 Å². The van der Waals surface area contributed by atoms with Gasteiger partial charge in [-0.15, -0.1) is 0 Å². The molecule has 3 aromatic carbocycles. The van der Waals surface area contributed by atoms with Gasteiger partial charge in [0, 0.05) is 18.7 Å². The Labute approximate surface area is 258 Å². The van der Waals surface area contributed by atoms with E-state index in [-0.39, 0.29) is 11.5 Å². The average Bonchev–Trinajstić information content (AvgIpc) is 3.26. The minimum absolute atomic E-state index is 0.145. The molecule has 0 radical (unpaired) electrons. The molecule has 0 saturated heterocycles. The lowest BCUT2D eigenvalue weighted by atomic mass is 9.90. The van der Waals surface area contributed by atoms with Crippen molar-refractivity contribution in [3.8, 4) is 11.5 Å². The van der Waals surface area contributed by atoms with Gasteiger partial charge in [0.1, 0.15) is 17.5 Å². The van der Waals surface area contributed by atoms with Crippen molar-refractivity contribution in [2.75, 3.05) is 27.3 Å². The first-order chi connectivity index (χ1) is 19.7. The summed E-state index contributed by atoms with van der Waals surface area (Å²) in [7, 11) is 3.21. The van der Waals surface area contributed by atoms with Gasteiger partial charge in [-0.1, -0.05) is 41.7 Å². The number of nitrogens with zero attached hydrogens (tertiary/aromatic N) is 3. The lowest BCUT2D eigenvalue weighted by Crippen LogP contribution is -2.43. The van der Waals surface area contributed by atoms with E-state index in [4.69, 9.17) is 14.5 Å². The number of aromatic nitrogens is 1. The van der Waals surface area contributed by atoms with Crippen molar-refractivity contribution in [3.63, 3.8) is 0 Å². The lowest BCUT2D eigenvalue weighted by Gasteiger charge is -2.30. The number of hydrogen-bond donors (Lipinski definition) is 0. The number of carbonyl (C=O) groups is 1. The Hall–Kier alpha value is -3.21. The Morgan fingerprint density at radius 2 is 1.76 bits per heavy atom. The smallest absolute Gasteiger partial charge is 0.271 e. The van der Waals surface area contributed by atoms with Gasteiger partial charge in [0.05, 0.1) is 39.0 Å². The number of hydrogen-bond acceptors (Lipinski definition) is 6. The Kier molecular flexibility index (Phi) is 8.54. The van der Waals surface area contributed by atoms with Gasteiger partial charge in [0.15, 0.2) is 4.80 Å². The van der Waals surface area contributed by atoms with Crippen LogP contribution in [0, 0.1) is 0 Å². The molecule has 1 atom stereocenters. The zero-order chi connectivity index (χ0) is 29.4. The fourth-order valence-corrected chi connectivity index (χ4v) is 7.89. The van der Waals surface area contributed by atoms with Crippen LogP contribution in [-0.4, -0.2) is 42.7 Å². The minimum Gasteiger partial charge on any atom is -0.496 e. The SMILES string of the molecule is CCN(CC)C(=O)C1=C(C)N=c2s/c(=C/c3cc(Br)c(OC)c(Br)c3)c(=O)n2[C@@H]1c1c(OC)ccc2ccccc12. The second-order valence-corrected chi connectivity index (χ2v) is 12.2. The third-order valence-electron chi connectivity index (χ3n) is 7.25. The van der Waals surface area contributed by atoms with Crippen LogP contribution in [0.3, 0.4) is 0 Å². The van der Waals surface area contributed by atoms with Crippen LogP contribution in [0.5, 0.6) is 11.5 Å². The lowest BCUT2D eigenvalue weighted by molar-refractivity contribution is -0.127. The Balaban J connectivity index is 1.84. The molecule has 0 aliphatic carbocycles. The second kappa shape index (κ2) is 12.0. The molecule has 212 valence electrons. The number of halogens is 2. The summed E-state index contributed by atoms with van der Waals surface area (Å²) in [6.45, 7) is 6.82. The van der Waals surface area contributed by atoms with E-state index < -0.39 is 6.04 Å². The van der Waals surface area contributed by atoms with Gasteiger partial charge in [-0.2, -0.15) is 0 Å². The summed E-state index contributed by atoms with van der Waals surface area (Å²) < 4.78 is 15.0. The Morgan fingerprint density at radius 3 is 2.39 bits per heavy atom. The van der Waals surface area contributed by atoms with E-state index in [1.54, 1.807) is 23.7 Å². The van der Waals surface area contributed by atoms with Crippen molar-refractivity contribution in [3.05, 3.63) is 99.6 Å². The summed E-state index contributed by atoms with van der Waals surface area (Å²) in [5.41, 5.74) is 2.40. The molecule has 4 aromatic rings. The highest BCUT2D eigenvalue weighted by Crippen LogP contribution is 2.40. The number of benzene rings is 3. The molecule has 1 amide bonds. The van der Waals surface area contributed by atoms with Crippen LogP contribution in [0.2, 0.25) is 0 Å². The van der Waals surface area contributed by atoms with Gasteiger partial charge in [-0.3, -0.25) is 14.2 Å². The van der Waals surface area contributed by atoms with Crippen LogP contribution in [-0.2, 0) is 4.79 Å². The van der Waals surface area contributed by atoms with E-state index in [0.29, 0.717) is 45.2 Å². The number of thiazole rings is 1. The first-order valence-electron chi connectivity index (χ1n) is 13.1. The molecule has 0 N–H and O–H groups in total. The van der Waals surface area contributed by atoms with Gasteiger partial charge in [0.25, 0.3) is 11.5 Å². The highest BCUT2D eigenvalue weighted by molar-refractivity contribution is 9.11. The van der Waals surface area contributed by atoms with E-state index in [9.17, 15) is 9.59 Å². The Morgan fingerprint density at radius 1 is 1.07 bits per heavy atom. The van der Waals surface area contributed by atoms with Crippen LogP contribution >= 0.6 is 43.2 Å². The predicted octanol–water partition coefficient (Wildman–Crippen LogP) is 5.80. The maximum absolute atomic E-state index is 14.3. The molecule has 1 aliphatic heterocycles. The molecule has 0 fully saturated rings. The number of allylic oxidation sites excluding steroid dienone is 1. The summed E-state index contributed by atoms with van der Waals surface area (Å²) in [5.74, 6) is 1.13. The molecule has 7 nitrogen and oxygen atoms in total. The third-order valence-corrected chi connectivity index (χ3v) is 9.41. The molecule has 1 aromatic heterocycles. The quantitative estimate of drug-likeness (QED) is 0.245. The molecule has 0 saturated carbocycles. The van der Waals surface area contributed by atoms with Crippen LogP contribution in [0.25, 0.3) is 16.8 Å². The average molecular weight is 699 g/mol. The number of amides is 1. The topological polar surface area (TPSA) is 73.1 Å². The monoisotopic (exact) mass is 697 g/mol. The van der Waals surface area contributed by atoms with Crippen molar-refractivity contribution in [1.82, 2.24) is 9.47 Å². The van der Waals surface area contributed by atoms with Crippen molar-refractivity contribution in [1.29, 1.82) is 0 Å². The fourth-order valence-electron chi connectivity index (χ4n) is 5.29. The van der Waals surface area contributed by atoms with Gasteiger partial charge in [-0.05, 0) is 93.2 Å². The fraction of sp³-hybridized carbons (Fsp3) is 0.258. The third kappa shape index (κ3) is 5.17. The standard InChI is InChI=1S/C31H29Br2N3O4S/c1-6-35(7-2)30(38)25-17(3)34-31-36(27(25)26-20-11-9-8-10-19(20)12-13-23(26)39-4)29(37)24(41-31)16-18-14-21(32)28(40-5)22(33)15-18/h8-16,27H,6-7H2,1-5H3/b24-16+/t27-/m0/s1. The molecule has 1 aliphatic rings. The number of ether oxygens (including phenoxy) is 2. The largest absolute Gasteiger partial charge is 0.496 e. The van der Waals surface area contributed by atoms with Gasteiger partial charge >= 0.3 is 0 Å². The predicted molar refractivity (Wildman–Crippen MR) is 171 cm³/mol. The van der Waals surface area contributed by atoms with Gasteiger partial charge in [-0.25, -0.2) is 4.99 Å². The summed E-state index contributed by atoms with van der Waals surface area (Å²) in [6, 6.07) is 14.9. The molecule has 2 heterocycles. The summed E-state index contributed by atoms with van der Waals surface area (Å²) in [6.07, 6.45) is 1.83. The van der Waals surface area contributed by atoms with E-state index in [1.807, 2.05) is 75.4 Å². The van der Waals surface area contributed by atoms with Gasteiger partial charge < -0.3 is 14.4 Å². The summed E-state index contributed by atoms with van der Waals surface area (Å²) in [5, 5.41) is 1.90. The highest BCUT2D eigenvalue weighted by Gasteiger charge is 2.36. The van der Waals surface area contributed by atoms with Crippen molar-refractivity contribution in [2.45, 2.75) is 26.8 Å². The molecular weight excluding hydrogens is 670 g/mol. The summed E-state index contributed by atoms with van der Waals surface area (Å²) in [4.78, 5) is 35.4. The number of methoxy groups -OCH3 is 2. The maximum atomic E-state index is 14.3. The molecule has 5 rings (SSSR count).